The average Bonchev–Trinajstić information content (AvgIpc) is 2.81. The number of rotatable bonds is 5. The second-order valence-corrected chi connectivity index (χ2v) is 5.60. The van der Waals surface area contributed by atoms with Crippen molar-refractivity contribution >= 4 is 35.3 Å². The normalized spacial score (nSPS) is 11.9. The lowest BCUT2D eigenvalue weighted by Gasteiger charge is -2.13. The second kappa shape index (κ2) is 7.80. The van der Waals surface area contributed by atoms with Crippen LogP contribution in [-0.4, -0.2) is 6.04 Å². The topological polar surface area (TPSA) is 12.0 Å². The van der Waals surface area contributed by atoms with Gasteiger partial charge in [-0.25, -0.2) is 0 Å². The first-order valence-corrected chi connectivity index (χ1v) is 7.00. The van der Waals surface area contributed by atoms with Crippen molar-refractivity contribution < 1.29 is 0 Å². The molecule has 2 aromatic rings. The Morgan fingerprint density at radius 2 is 2.00 bits per heavy atom. The number of benzene rings is 1. The van der Waals surface area contributed by atoms with Crippen molar-refractivity contribution in [3.05, 3.63) is 57.2 Å². The first-order chi connectivity index (χ1) is 8.25. The fraction of sp³-hybridized carbons (Fsp3) is 0.286. The van der Waals surface area contributed by atoms with Crippen molar-refractivity contribution in [2.45, 2.75) is 25.9 Å². The molecule has 4 heteroatoms. The van der Waals surface area contributed by atoms with Crippen molar-refractivity contribution in [1.82, 2.24) is 5.32 Å². The zero-order valence-electron chi connectivity index (χ0n) is 10.2. The highest BCUT2D eigenvalue weighted by atomic mass is 35.5. The Morgan fingerprint density at radius 3 is 2.67 bits per heavy atom. The smallest absolute Gasteiger partial charge is 0.0450 e. The van der Waals surface area contributed by atoms with E-state index in [1.54, 1.807) is 0 Å². The van der Waals surface area contributed by atoms with E-state index in [0.29, 0.717) is 6.04 Å². The summed E-state index contributed by atoms with van der Waals surface area (Å²) in [5.41, 5.74) is 1.16. The highest BCUT2D eigenvalue weighted by Crippen LogP contribution is 2.15. The van der Waals surface area contributed by atoms with Crippen molar-refractivity contribution in [1.29, 1.82) is 0 Å². The Kier molecular flexibility index (Phi) is 6.72. The van der Waals surface area contributed by atoms with E-state index in [-0.39, 0.29) is 12.4 Å². The molecule has 2 rings (SSSR count). The van der Waals surface area contributed by atoms with Gasteiger partial charge in [-0.2, -0.15) is 0 Å². The molecule has 0 aliphatic carbocycles. The summed E-state index contributed by atoms with van der Waals surface area (Å²) >= 11 is 7.92. The minimum atomic E-state index is 0. The summed E-state index contributed by atoms with van der Waals surface area (Å²) in [6.45, 7) is 3.03. The quantitative estimate of drug-likeness (QED) is 0.854. The van der Waals surface area contributed by atoms with Crippen LogP contribution >= 0.6 is 35.3 Å². The Hall–Kier alpha value is -0.540. The van der Waals surface area contributed by atoms with Crippen LogP contribution in [0.25, 0.3) is 0 Å². The Balaban J connectivity index is 0.00000162. The molecule has 0 saturated heterocycles. The standard InChI is InChI=1S/C14H16ClNS.ClH/c1-11(9-13-6-4-8-17-13)16-10-12-5-2-3-7-14(12)15;/h2-8,11,16H,9-10H2,1H3;1H. The minimum absolute atomic E-state index is 0. The molecule has 0 fully saturated rings. The fourth-order valence-corrected chi connectivity index (χ4v) is 2.77. The maximum absolute atomic E-state index is 6.11. The number of nitrogens with one attached hydrogen (secondary N) is 1. The van der Waals surface area contributed by atoms with Crippen molar-refractivity contribution in [2.24, 2.45) is 0 Å². The molecule has 18 heavy (non-hydrogen) atoms. The van der Waals surface area contributed by atoms with E-state index in [4.69, 9.17) is 11.6 Å². The number of hydrogen-bond donors (Lipinski definition) is 1. The average molecular weight is 302 g/mol. The van der Waals surface area contributed by atoms with Crippen LogP contribution in [0.1, 0.15) is 17.4 Å². The number of thiophene rings is 1. The third kappa shape index (κ3) is 4.62. The molecule has 1 N–H and O–H groups in total. The molecule has 0 aliphatic rings. The molecule has 98 valence electrons. The lowest BCUT2D eigenvalue weighted by Crippen LogP contribution is -2.27. The van der Waals surface area contributed by atoms with Gasteiger partial charge in [0.15, 0.2) is 0 Å². The Morgan fingerprint density at radius 1 is 1.22 bits per heavy atom. The molecule has 0 spiro atoms. The van der Waals surface area contributed by atoms with E-state index in [0.717, 1.165) is 23.6 Å². The third-order valence-electron chi connectivity index (χ3n) is 2.69. The first-order valence-electron chi connectivity index (χ1n) is 5.75. The Bertz CT molecular complexity index is 457. The first kappa shape index (κ1) is 15.5. The summed E-state index contributed by atoms with van der Waals surface area (Å²) in [7, 11) is 0. The molecule has 0 radical (unpaired) electrons. The van der Waals surface area contributed by atoms with Gasteiger partial charge in [0, 0.05) is 22.5 Å². The van der Waals surface area contributed by atoms with Crippen molar-refractivity contribution in [2.75, 3.05) is 0 Å². The summed E-state index contributed by atoms with van der Waals surface area (Å²) in [4.78, 5) is 1.42. The molecule has 1 aromatic heterocycles. The van der Waals surface area contributed by atoms with Crippen LogP contribution in [0.4, 0.5) is 0 Å². The van der Waals surface area contributed by atoms with Gasteiger partial charge >= 0.3 is 0 Å². The molecular formula is C14H17Cl2NS. The third-order valence-corrected chi connectivity index (χ3v) is 3.95. The lowest BCUT2D eigenvalue weighted by molar-refractivity contribution is 0.549. The summed E-state index contributed by atoms with van der Waals surface area (Å²) in [6, 6.07) is 12.7. The van der Waals surface area contributed by atoms with Crippen molar-refractivity contribution in [3.63, 3.8) is 0 Å². The van der Waals surface area contributed by atoms with Gasteiger partial charge in [0.2, 0.25) is 0 Å². The minimum Gasteiger partial charge on any atom is -0.310 e. The van der Waals surface area contributed by atoms with Gasteiger partial charge in [-0.1, -0.05) is 35.9 Å². The van der Waals surface area contributed by atoms with Crippen LogP contribution in [-0.2, 0) is 13.0 Å². The van der Waals surface area contributed by atoms with Gasteiger partial charge in [-0.05, 0) is 36.4 Å². The van der Waals surface area contributed by atoms with Crippen LogP contribution in [0.15, 0.2) is 41.8 Å². The molecule has 1 atom stereocenters. The van der Waals surface area contributed by atoms with Crippen LogP contribution in [0.3, 0.4) is 0 Å². The predicted molar refractivity (Wildman–Crippen MR) is 83.0 cm³/mol. The zero-order chi connectivity index (χ0) is 12.1. The second-order valence-electron chi connectivity index (χ2n) is 4.16. The van der Waals surface area contributed by atoms with E-state index in [1.807, 2.05) is 29.5 Å². The monoisotopic (exact) mass is 301 g/mol. The molecule has 0 saturated carbocycles. The SMILES string of the molecule is CC(Cc1cccs1)NCc1ccccc1Cl.Cl. The summed E-state index contributed by atoms with van der Waals surface area (Å²) in [5.74, 6) is 0. The van der Waals surface area contributed by atoms with Crippen molar-refractivity contribution in [3.8, 4) is 0 Å². The fourth-order valence-electron chi connectivity index (χ4n) is 1.73. The molecule has 1 nitrogen and oxygen atoms in total. The molecule has 1 unspecified atom stereocenters. The summed E-state index contributed by atoms with van der Waals surface area (Å²) in [5, 5.41) is 6.46. The maximum atomic E-state index is 6.11. The molecule has 1 aromatic carbocycles. The van der Waals surface area contributed by atoms with E-state index < -0.39 is 0 Å². The maximum Gasteiger partial charge on any atom is 0.0450 e. The van der Waals surface area contributed by atoms with E-state index in [1.165, 1.54) is 4.88 Å². The van der Waals surface area contributed by atoms with E-state index >= 15 is 0 Å². The highest BCUT2D eigenvalue weighted by molar-refractivity contribution is 7.09. The lowest BCUT2D eigenvalue weighted by atomic mass is 10.1. The summed E-state index contributed by atoms with van der Waals surface area (Å²) < 4.78 is 0. The van der Waals surface area contributed by atoms with Gasteiger partial charge in [-0.3, -0.25) is 0 Å². The van der Waals surface area contributed by atoms with Gasteiger partial charge in [0.1, 0.15) is 0 Å². The van der Waals surface area contributed by atoms with Gasteiger partial charge in [0.05, 0.1) is 0 Å². The van der Waals surface area contributed by atoms with Crippen LogP contribution < -0.4 is 5.32 Å². The van der Waals surface area contributed by atoms with Crippen LogP contribution in [0.5, 0.6) is 0 Å². The Labute approximate surface area is 124 Å². The predicted octanol–water partition coefficient (Wildman–Crippen LogP) is 4.54. The molecule has 0 bridgehead atoms. The summed E-state index contributed by atoms with van der Waals surface area (Å²) in [6.07, 6.45) is 1.07. The molecule has 1 heterocycles. The van der Waals surface area contributed by atoms with Gasteiger partial charge < -0.3 is 5.32 Å². The number of halogens is 2. The molecule has 0 aliphatic heterocycles. The van der Waals surface area contributed by atoms with E-state index in [9.17, 15) is 0 Å². The molecule has 0 amide bonds. The largest absolute Gasteiger partial charge is 0.310 e. The van der Waals surface area contributed by atoms with Gasteiger partial charge in [-0.15, -0.1) is 23.7 Å². The molecular weight excluding hydrogens is 285 g/mol. The van der Waals surface area contributed by atoms with Crippen LogP contribution in [0.2, 0.25) is 5.02 Å². The van der Waals surface area contributed by atoms with E-state index in [2.05, 4.69) is 35.8 Å². The highest BCUT2D eigenvalue weighted by Gasteiger charge is 2.05. The van der Waals surface area contributed by atoms with Gasteiger partial charge in [0.25, 0.3) is 0 Å². The van der Waals surface area contributed by atoms with Crippen LogP contribution in [0, 0.1) is 0 Å². The number of hydrogen-bond acceptors (Lipinski definition) is 2. The zero-order valence-corrected chi connectivity index (χ0v) is 12.6.